The normalized spacial score (nSPS) is 13.9. The Morgan fingerprint density at radius 3 is 0.682 bits per heavy atom. The molecule has 0 amide bonds. The van der Waals surface area contributed by atoms with Crippen LogP contribution in [0.3, 0.4) is 0 Å². The van der Waals surface area contributed by atoms with Gasteiger partial charge in [0.2, 0.25) is 0 Å². The largest absolute Gasteiger partial charge is 0.360 e. The van der Waals surface area contributed by atoms with Crippen LogP contribution >= 0.6 is 0 Å². The molecule has 0 heterocycles. The molecule has 1 N–H and O–H groups in total. The van der Waals surface area contributed by atoms with E-state index in [9.17, 15) is 0 Å². The summed E-state index contributed by atoms with van der Waals surface area (Å²) in [4.78, 5) is 0. The van der Waals surface area contributed by atoms with Gasteiger partial charge in [-0.05, 0) is 0 Å². The molecule has 0 radical (unpaired) electrons. The minimum atomic E-state index is -2.33. The van der Waals surface area contributed by atoms with Gasteiger partial charge in [-0.2, -0.15) is 0 Å². The number of hydrogen-bond acceptors (Lipinski definition) is 5. The van der Waals surface area contributed by atoms with Gasteiger partial charge < -0.3 is 4.65 Å². The van der Waals surface area contributed by atoms with Crippen LogP contribution in [0.4, 0.5) is 0 Å². The summed E-state index contributed by atoms with van der Waals surface area (Å²) in [5.41, 5.74) is 0. The van der Waals surface area contributed by atoms with E-state index in [1.165, 1.54) is 0 Å². The fraction of sp³-hybridized carbons (Fsp3) is 1.00. The Kier molecular flexibility index (Phi) is 10.8. The molecule has 0 aromatic rings. The second kappa shape index (κ2) is 9.44. The van der Waals surface area contributed by atoms with Crippen molar-refractivity contribution in [1.82, 2.24) is 18.2 Å². The van der Waals surface area contributed by atoms with E-state index in [1.54, 1.807) is 0 Å². The molecule has 0 rings (SSSR count). The Morgan fingerprint density at radius 1 is 0.500 bits per heavy atom. The molecule has 0 aliphatic carbocycles. The van der Waals surface area contributed by atoms with Crippen molar-refractivity contribution in [2.75, 3.05) is 56.4 Å². The van der Waals surface area contributed by atoms with Crippen LogP contribution < -0.4 is 4.65 Å². The van der Waals surface area contributed by atoms with Crippen molar-refractivity contribution in [2.45, 2.75) is 39.3 Å². The van der Waals surface area contributed by atoms with Crippen LogP contribution in [-0.4, -0.2) is 86.4 Å². The summed E-state index contributed by atoms with van der Waals surface area (Å²) in [6, 6.07) is 0. The summed E-state index contributed by atoms with van der Waals surface area (Å²) in [6.07, 6.45) is 0. The van der Waals surface area contributed by atoms with E-state index in [0.717, 1.165) is 0 Å². The van der Waals surface area contributed by atoms with Crippen LogP contribution in [0, 0.1) is 0 Å². The Labute approximate surface area is 147 Å². The third kappa shape index (κ3) is 8.70. The molecule has 0 aromatic heterocycles. The van der Waals surface area contributed by atoms with E-state index < -0.39 is 34.1 Å². The monoisotopic (exact) mass is 385 g/mol. The standard InChI is InChI=1S/C6H19NSi2.4C2H6N.Ti/c1-8(2,3)7-9(4,5)6;4*1-3-2;/h7H,1-6H3;4*1-2H3;/q;4*-1;+4. The summed E-state index contributed by atoms with van der Waals surface area (Å²) < 4.78 is 13.2. The first kappa shape index (κ1) is 25.2. The molecule has 0 fully saturated rings. The summed E-state index contributed by atoms with van der Waals surface area (Å²) in [7, 11) is 15.4. The van der Waals surface area contributed by atoms with Crippen LogP contribution in [0.1, 0.15) is 0 Å². The van der Waals surface area contributed by atoms with Gasteiger partial charge in [0, 0.05) is 0 Å². The minimum absolute atomic E-state index is 0.981. The van der Waals surface area contributed by atoms with Gasteiger partial charge in [-0.1, -0.05) is 39.3 Å². The van der Waals surface area contributed by atoms with Crippen LogP contribution in [0.25, 0.3) is 0 Å². The maximum absolute atomic E-state index is 3.74. The van der Waals surface area contributed by atoms with Crippen LogP contribution in [0.15, 0.2) is 0 Å². The van der Waals surface area contributed by atoms with Crippen LogP contribution in [0.5, 0.6) is 0 Å². The molecular weight excluding hydrogens is 342 g/mol. The fourth-order valence-corrected chi connectivity index (χ4v) is 20.0. The summed E-state index contributed by atoms with van der Waals surface area (Å²) >= 11 is -2.33. The number of nitrogens with zero attached hydrogens (tertiary/aromatic N) is 4. The number of nitrogens with one attached hydrogen (secondary N) is 1. The van der Waals surface area contributed by atoms with Crippen LogP contribution in [-0.2, 0) is 17.6 Å². The fourth-order valence-electron chi connectivity index (χ4n) is 3.53. The molecule has 0 bridgehead atoms. The van der Waals surface area contributed by atoms with Gasteiger partial charge in [-0.15, -0.1) is 0 Å². The minimum Gasteiger partial charge on any atom is -0.360 e. The van der Waals surface area contributed by atoms with Gasteiger partial charge in [0.1, 0.15) is 16.5 Å². The smallest absolute Gasteiger partial charge is 0.109 e. The second-order valence-electron chi connectivity index (χ2n) is 8.80. The molecule has 0 spiro atoms. The Balaban J connectivity index is 0. The molecule has 0 atom stereocenters. The average Bonchev–Trinajstić information content (AvgIpc) is 2.08. The van der Waals surface area contributed by atoms with Gasteiger partial charge in [0.05, 0.1) is 0 Å². The Hall–Kier alpha value is 0.948. The number of rotatable bonds is 6. The van der Waals surface area contributed by atoms with Gasteiger partial charge >= 0.3 is 87.5 Å². The first-order valence-electron chi connectivity index (χ1n) is 7.97. The van der Waals surface area contributed by atoms with Crippen molar-refractivity contribution < 1.29 is 17.6 Å². The predicted molar refractivity (Wildman–Crippen MR) is 105 cm³/mol. The third-order valence-electron chi connectivity index (χ3n) is 3.15. The van der Waals surface area contributed by atoms with E-state index in [0.29, 0.717) is 0 Å². The first-order valence-corrected chi connectivity index (χ1v) is 17.8. The zero-order valence-electron chi connectivity index (χ0n) is 17.8. The molecule has 0 saturated carbocycles. The average molecular weight is 386 g/mol. The van der Waals surface area contributed by atoms with Gasteiger partial charge in [-0.3, -0.25) is 0 Å². The Bertz CT molecular complexity index is 260. The van der Waals surface area contributed by atoms with Crippen molar-refractivity contribution in [3.8, 4) is 0 Å². The van der Waals surface area contributed by atoms with Crippen molar-refractivity contribution in [1.29, 1.82) is 0 Å². The molecule has 0 aromatic carbocycles. The van der Waals surface area contributed by atoms with E-state index in [4.69, 9.17) is 0 Å². The molecule has 0 aliphatic rings. The SMILES string of the molecule is C[N](C)[Ti]([N](C)C)([N](C)C)[N](C)C.C[Si](C)(C)N[Si](C)(C)C. The maximum Gasteiger partial charge on any atom is 0.109 e. The van der Waals surface area contributed by atoms with E-state index in [1.807, 2.05) is 0 Å². The molecule has 22 heavy (non-hydrogen) atoms. The van der Waals surface area contributed by atoms with Crippen molar-refractivity contribution in [3.05, 3.63) is 0 Å². The first-order chi connectivity index (χ1) is 9.48. The van der Waals surface area contributed by atoms with Gasteiger partial charge in [0.25, 0.3) is 0 Å². The van der Waals surface area contributed by atoms with Crippen molar-refractivity contribution in [2.24, 2.45) is 0 Å². The van der Waals surface area contributed by atoms with Crippen molar-refractivity contribution in [3.63, 3.8) is 0 Å². The van der Waals surface area contributed by atoms with E-state index in [2.05, 4.69) is 114 Å². The van der Waals surface area contributed by atoms with Gasteiger partial charge in [0.15, 0.2) is 0 Å². The van der Waals surface area contributed by atoms with Gasteiger partial charge in [-0.25, -0.2) is 0 Å². The summed E-state index contributed by atoms with van der Waals surface area (Å²) in [5, 5.41) is 0. The van der Waals surface area contributed by atoms with Crippen LogP contribution in [0.2, 0.25) is 39.3 Å². The quantitative estimate of drug-likeness (QED) is 0.708. The number of hydrogen-bond donors (Lipinski definition) is 1. The maximum atomic E-state index is 3.74. The van der Waals surface area contributed by atoms with E-state index >= 15 is 0 Å². The second-order valence-corrected chi connectivity index (χ2v) is 26.3. The molecule has 136 valence electrons. The molecule has 0 aliphatic heterocycles. The predicted octanol–water partition coefficient (Wildman–Crippen LogP) is 2.29. The third-order valence-corrected chi connectivity index (χ3v) is 16.6. The molecule has 0 unspecified atom stereocenters. The van der Waals surface area contributed by atoms with Crippen molar-refractivity contribution >= 4 is 16.5 Å². The molecule has 5 nitrogen and oxygen atoms in total. The summed E-state index contributed by atoms with van der Waals surface area (Å²) in [5.74, 6) is 0. The molecular formula is C14H43N5Si2Ti. The van der Waals surface area contributed by atoms with E-state index in [-0.39, 0.29) is 0 Å². The molecule has 8 heteroatoms. The zero-order valence-corrected chi connectivity index (χ0v) is 21.4. The topological polar surface area (TPSA) is 25.0 Å². The Morgan fingerprint density at radius 2 is 0.682 bits per heavy atom. The molecule has 0 saturated heterocycles. The zero-order chi connectivity index (χ0) is 18.5. The summed E-state index contributed by atoms with van der Waals surface area (Å²) in [6.45, 7) is 14.1.